The highest BCUT2D eigenvalue weighted by atomic mass is 16.3. The van der Waals surface area contributed by atoms with E-state index in [1.54, 1.807) is 0 Å². The lowest BCUT2D eigenvalue weighted by Crippen LogP contribution is -2.18. The minimum absolute atomic E-state index is 0.00978. The van der Waals surface area contributed by atoms with Gasteiger partial charge in [0.05, 0.1) is 11.8 Å². The van der Waals surface area contributed by atoms with Crippen LogP contribution in [-0.4, -0.2) is 14.9 Å². The van der Waals surface area contributed by atoms with Gasteiger partial charge in [0.25, 0.3) is 0 Å². The van der Waals surface area contributed by atoms with Crippen LogP contribution in [0.2, 0.25) is 0 Å². The van der Waals surface area contributed by atoms with Crippen molar-refractivity contribution in [3.63, 3.8) is 0 Å². The average molecular weight is 264 g/mol. The molecule has 3 nitrogen and oxygen atoms in total. The van der Waals surface area contributed by atoms with Crippen LogP contribution < -0.4 is 0 Å². The first kappa shape index (κ1) is 14.6. The van der Waals surface area contributed by atoms with Crippen molar-refractivity contribution in [1.82, 2.24) is 9.78 Å². The smallest absolute Gasteiger partial charge is 0.0826 e. The Morgan fingerprint density at radius 1 is 1.32 bits per heavy atom. The Bertz CT molecular complexity index is 411. The van der Waals surface area contributed by atoms with Crippen LogP contribution in [0.5, 0.6) is 0 Å². The van der Waals surface area contributed by atoms with Gasteiger partial charge in [-0.15, -0.1) is 0 Å². The lowest BCUT2D eigenvalue weighted by Gasteiger charge is -2.25. The molecule has 1 atom stereocenters. The minimum Gasteiger partial charge on any atom is -0.388 e. The third kappa shape index (κ3) is 3.59. The van der Waals surface area contributed by atoms with E-state index >= 15 is 0 Å². The van der Waals surface area contributed by atoms with Crippen molar-refractivity contribution in [3.05, 3.63) is 17.5 Å². The van der Waals surface area contributed by atoms with Gasteiger partial charge in [-0.25, -0.2) is 0 Å². The van der Waals surface area contributed by atoms with E-state index in [0.29, 0.717) is 5.92 Å². The maximum Gasteiger partial charge on any atom is 0.0826 e. The molecular formula is C16H28N2O. The van der Waals surface area contributed by atoms with E-state index in [-0.39, 0.29) is 11.5 Å². The third-order valence-electron chi connectivity index (χ3n) is 4.21. The maximum atomic E-state index is 10.6. The minimum atomic E-state index is -0.356. The van der Waals surface area contributed by atoms with E-state index < -0.39 is 0 Å². The van der Waals surface area contributed by atoms with Gasteiger partial charge in [-0.2, -0.15) is 5.10 Å². The molecule has 1 unspecified atom stereocenters. The molecule has 108 valence electrons. The summed E-state index contributed by atoms with van der Waals surface area (Å²) in [7, 11) is 1.94. The molecular weight excluding hydrogens is 236 g/mol. The van der Waals surface area contributed by atoms with Crippen LogP contribution in [0.3, 0.4) is 0 Å². The van der Waals surface area contributed by atoms with E-state index in [9.17, 15) is 5.11 Å². The van der Waals surface area contributed by atoms with Crippen molar-refractivity contribution in [1.29, 1.82) is 0 Å². The fraction of sp³-hybridized carbons (Fsp3) is 0.812. The zero-order valence-electron chi connectivity index (χ0n) is 12.8. The van der Waals surface area contributed by atoms with Gasteiger partial charge in [0, 0.05) is 24.2 Å². The molecule has 0 saturated heterocycles. The summed E-state index contributed by atoms with van der Waals surface area (Å²) < 4.78 is 1.83. The second-order valence-electron chi connectivity index (χ2n) is 7.11. The summed E-state index contributed by atoms with van der Waals surface area (Å²) in [5.74, 6) is 0.691. The summed E-state index contributed by atoms with van der Waals surface area (Å²) in [4.78, 5) is 0. The van der Waals surface area contributed by atoms with Gasteiger partial charge >= 0.3 is 0 Å². The molecule has 3 heteroatoms. The predicted octanol–water partition coefficient (Wildman–Crippen LogP) is 3.72. The Hall–Kier alpha value is -0.830. The molecule has 0 bridgehead atoms. The van der Waals surface area contributed by atoms with E-state index in [2.05, 4.69) is 25.9 Å². The first-order chi connectivity index (χ1) is 8.88. The Morgan fingerprint density at radius 3 is 2.53 bits per heavy atom. The number of hydrogen-bond donors (Lipinski definition) is 1. The summed E-state index contributed by atoms with van der Waals surface area (Å²) in [6.45, 7) is 6.48. The SMILES string of the molecule is Cn1cc(C(O)CC2CCCCC2)c(C(C)(C)C)n1. The molecule has 0 aromatic carbocycles. The van der Waals surface area contributed by atoms with Crippen molar-refractivity contribution >= 4 is 0 Å². The molecule has 0 spiro atoms. The third-order valence-corrected chi connectivity index (χ3v) is 4.21. The maximum absolute atomic E-state index is 10.6. The van der Waals surface area contributed by atoms with Gasteiger partial charge in [-0.1, -0.05) is 52.9 Å². The Labute approximate surface area is 117 Å². The highest BCUT2D eigenvalue weighted by Gasteiger charge is 2.27. The van der Waals surface area contributed by atoms with Gasteiger partial charge < -0.3 is 5.11 Å². The van der Waals surface area contributed by atoms with Gasteiger partial charge in [-0.05, 0) is 12.3 Å². The Balaban J connectivity index is 2.11. The molecule has 1 heterocycles. The molecule has 1 saturated carbocycles. The monoisotopic (exact) mass is 264 g/mol. The fourth-order valence-corrected chi connectivity index (χ4v) is 3.20. The summed E-state index contributed by atoms with van der Waals surface area (Å²) in [5, 5.41) is 15.1. The van der Waals surface area contributed by atoms with Crippen molar-refractivity contribution in [2.75, 3.05) is 0 Å². The normalized spacial score (nSPS) is 19.6. The number of aliphatic hydroxyl groups excluding tert-OH is 1. The molecule has 0 aliphatic heterocycles. The predicted molar refractivity (Wildman–Crippen MR) is 78.1 cm³/mol. The van der Waals surface area contributed by atoms with E-state index in [1.807, 2.05) is 17.9 Å². The van der Waals surface area contributed by atoms with Crippen LogP contribution in [0, 0.1) is 5.92 Å². The lowest BCUT2D eigenvalue weighted by atomic mass is 9.82. The first-order valence-corrected chi connectivity index (χ1v) is 7.60. The zero-order chi connectivity index (χ0) is 14.0. The van der Waals surface area contributed by atoms with Crippen molar-refractivity contribution in [2.24, 2.45) is 13.0 Å². The van der Waals surface area contributed by atoms with Crippen LogP contribution in [0.25, 0.3) is 0 Å². The van der Waals surface area contributed by atoms with Gasteiger partial charge in [-0.3, -0.25) is 4.68 Å². The quantitative estimate of drug-likeness (QED) is 0.903. The first-order valence-electron chi connectivity index (χ1n) is 7.60. The number of hydrogen-bond acceptors (Lipinski definition) is 2. The zero-order valence-corrected chi connectivity index (χ0v) is 12.8. The summed E-state index contributed by atoms with van der Waals surface area (Å²) in [5.41, 5.74) is 2.06. The molecule has 1 aliphatic carbocycles. The van der Waals surface area contributed by atoms with Crippen LogP contribution in [0.1, 0.15) is 76.7 Å². The molecule has 1 aromatic heterocycles. The van der Waals surface area contributed by atoms with Gasteiger partial charge in [0.15, 0.2) is 0 Å². The number of aliphatic hydroxyl groups is 1. The molecule has 2 rings (SSSR count). The topological polar surface area (TPSA) is 38.0 Å². The second-order valence-corrected chi connectivity index (χ2v) is 7.11. The molecule has 0 radical (unpaired) electrons. The van der Waals surface area contributed by atoms with Crippen LogP contribution in [0.4, 0.5) is 0 Å². The second kappa shape index (κ2) is 5.66. The molecule has 1 aliphatic rings. The molecule has 0 amide bonds. The van der Waals surface area contributed by atoms with E-state index in [1.165, 1.54) is 32.1 Å². The van der Waals surface area contributed by atoms with Crippen LogP contribution >= 0.6 is 0 Å². The highest BCUT2D eigenvalue weighted by Crippen LogP contribution is 2.35. The summed E-state index contributed by atoms with van der Waals surface area (Å²) >= 11 is 0. The highest BCUT2D eigenvalue weighted by molar-refractivity contribution is 5.26. The molecule has 1 aromatic rings. The summed E-state index contributed by atoms with van der Waals surface area (Å²) in [6.07, 6.45) is 9.12. The molecule has 19 heavy (non-hydrogen) atoms. The van der Waals surface area contributed by atoms with E-state index in [4.69, 9.17) is 0 Å². The van der Waals surface area contributed by atoms with Crippen molar-refractivity contribution < 1.29 is 5.11 Å². The van der Waals surface area contributed by atoms with Crippen molar-refractivity contribution in [3.8, 4) is 0 Å². The van der Waals surface area contributed by atoms with Crippen LogP contribution in [0.15, 0.2) is 6.20 Å². The van der Waals surface area contributed by atoms with E-state index in [0.717, 1.165) is 17.7 Å². The number of aryl methyl sites for hydroxylation is 1. The Kier molecular flexibility index (Phi) is 4.34. The lowest BCUT2D eigenvalue weighted by molar-refractivity contribution is 0.129. The standard InChI is InChI=1S/C16H28N2O/c1-16(2,3)15-13(11-18(4)17-15)14(19)10-12-8-6-5-7-9-12/h11-12,14,19H,5-10H2,1-4H3. The van der Waals surface area contributed by atoms with Gasteiger partial charge in [0.1, 0.15) is 0 Å². The average Bonchev–Trinajstić information content (AvgIpc) is 2.72. The fourth-order valence-electron chi connectivity index (χ4n) is 3.20. The molecule has 1 N–H and O–H groups in total. The Morgan fingerprint density at radius 2 is 1.95 bits per heavy atom. The number of aromatic nitrogens is 2. The number of nitrogens with zero attached hydrogens (tertiary/aromatic N) is 2. The van der Waals surface area contributed by atoms with Crippen molar-refractivity contribution in [2.45, 2.75) is 70.8 Å². The largest absolute Gasteiger partial charge is 0.388 e. The van der Waals surface area contributed by atoms with Crippen LogP contribution in [-0.2, 0) is 12.5 Å². The summed E-state index contributed by atoms with van der Waals surface area (Å²) in [6, 6.07) is 0. The van der Waals surface area contributed by atoms with Gasteiger partial charge in [0.2, 0.25) is 0 Å². The number of rotatable bonds is 3. The molecule has 1 fully saturated rings.